The van der Waals surface area contributed by atoms with Gasteiger partial charge in [0.25, 0.3) is 0 Å². The summed E-state index contributed by atoms with van der Waals surface area (Å²) in [5.74, 6) is 1.28. The lowest BCUT2D eigenvalue weighted by Gasteiger charge is -2.34. The van der Waals surface area contributed by atoms with Gasteiger partial charge in [-0.3, -0.25) is 0 Å². The molecule has 0 spiro atoms. The molecule has 27 heavy (non-hydrogen) atoms. The van der Waals surface area contributed by atoms with Crippen molar-refractivity contribution >= 4 is 34.6 Å². The van der Waals surface area contributed by atoms with Crippen LogP contribution in [-0.4, -0.2) is 28.1 Å². The molecule has 0 atom stereocenters. The van der Waals surface area contributed by atoms with Crippen molar-refractivity contribution in [3.63, 3.8) is 0 Å². The zero-order valence-electron chi connectivity index (χ0n) is 14.8. The maximum atomic E-state index is 6.13. The minimum Gasteiger partial charge on any atom is -0.444 e. The molecular weight excluding hydrogens is 378 g/mol. The molecule has 1 saturated heterocycles. The monoisotopic (exact) mass is 397 g/mol. The number of aromatic nitrogens is 1. The van der Waals surface area contributed by atoms with E-state index in [4.69, 9.17) is 28.2 Å². The van der Waals surface area contributed by atoms with Crippen molar-refractivity contribution in [2.75, 3.05) is 18.4 Å². The molecule has 4 rings (SSSR count). The summed E-state index contributed by atoms with van der Waals surface area (Å²) in [7, 11) is 0. The minimum atomic E-state index is 0.539. The van der Waals surface area contributed by atoms with E-state index in [1.165, 1.54) is 12.0 Å². The Labute approximate surface area is 169 Å². The van der Waals surface area contributed by atoms with Gasteiger partial charge in [-0.2, -0.15) is 0 Å². The standard InChI is InChI=1S/C21H20ClN3OS/c22-18-5-1-3-16(11-18)15-7-9-25(10-8-15)21(27)24-19-6-2-4-17(12-19)20-13-23-14-26-20/h1-6,11-15H,7-10H2,(H,24,27). The van der Waals surface area contributed by atoms with Crippen molar-refractivity contribution in [1.82, 2.24) is 9.88 Å². The highest BCUT2D eigenvalue weighted by atomic mass is 35.5. The van der Waals surface area contributed by atoms with E-state index in [9.17, 15) is 0 Å². The molecule has 2 heterocycles. The Balaban J connectivity index is 1.37. The Hall–Kier alpha value is -2.37. The fourth-order valence-corrected chi connectivity index (χ4v) is 3.99. The van der Waals surface area contributed by atoms with Gasteiger partial charge in [-0.05, 0) is 60.8 Å². The summed E-state index contributed by atoms with van der Waals surface area (Å²) in [6, 6.07) is 16.2. The molecule has 0 aliphatic carbocycles. The van der Waals surface area contributed by atoms with Crippen LogP contribution < -0.4 is 5.32 Å². The largest absolute Gasteiger partial charge is 0.444 e. The number of nitrogens with zero attached hydrogens (tertiary/aromatic N) is 2. The second-order valence-corrected chi connectivity index (χ2v) is 7.52. The van der Waals surface area contributed by atoms with Gasteiger partial charge in [0.05, 0.1) is 6.20 Å². The molecule has 0 saturated carbocycles. The van der Waals surface area contributed by atoms with E-state index >= 15 is 0 Å². The lowest BCUT2D eigenvalue weighted by atomic mass is 9.90. The maximum Gasteiger partial charge on any atom is 0.181 e. The number of likely N-dealkylation sites (tertiary alicyclic amines) is 1. The Morgan fingerprint density at radius 1 is 1.15 bits per heavy atom. The molecule has 0 amide bonds. The van der Waals surface area contributed by atoms with Gasteiger partial charge in [-0.25, -0.2) is 4.98 Å². The van der Waals surface area contributed by atoms with E-state index in [1.54, 1.807) is 6.20 Å². The number of hydrogen-bond acceptors (Lipinski definition) is 3. The van der Waals surface area contributed by atoms with Crippen molar-refractivity contribution < 1.29 is 4.42 Å². The first-order valence-electron chi connectivity index (χ1n) is 8.99. The Morgan fingerprint density at radius 3 is 2.70 bits per heavy atom. The number of oxazole rings is 1. The molecule has 1 aliphatic rings. The molecule has 1 fully saturated rings. The van der Waals surface area contributed by atoms with E-state index in [-0.39, 0.29) is 0 Å². The number of rotatable bonds is 3. The highest BCUT2D eigenvalue weighted by molar-refractivity contribution is 7.80. The predicted octanol–water partition coefficient (Wildman–Crippen LogP) is 5.57. The van der Waals surface area contributed by atoms with E-state index in [2.05, 4.69) is 27.3 Å². The van der Waals surface area contributed by atoms with Crippen LogP contribution in [0, 0.1) is 0 Å². The van der Waals surface area contributed by atoms with Gasteiger partial charge in [0.1, 0.15) is 0 Å². The summed E-state index contributed by atoms with van der Waals surface area (Å²) in [5, 5.41) is 4.91. The fraction of sp³-hybridized carbons (Fsp3) is 0.238. The molecule has 1 N–H and O–H groups in total. The summed E-state index contributed by atoms with van der Waals surface area (Å²) in [4.78, 5) is 6.20. The lowest BCUT2D eigenvalue weighted by Crippen LogP contribution is -2.40. The van der Waals surface area contributed by atoms with Gasteiger partial charge >= 0.3 is 0 Å². The van der Waals surface area contributed by atoms with Crippen molar-refractivity contribution in [2.45, 2.75) is 18.8 Å². The van der Waals surface area contributed by atoms with Crippen LogP contribution in [0.2, 0.25) is 5.02 Å². The number of thiocarbonyl (C=S) groups is 1. The van der Waals surface area contributed by atoms with Crippen molar-refractivity contribution in [2.24, 2.45) is 0 Å². The normalized spacial score (nSPS) is 14.9. The zero-order valence-corrected chi connectivity index (χ0v) is 16.3. The van der Waals surface area contributed by atoms with Crippen molar-refractivity contribution in [3.8, 4) is 11.3 Å². The average Bonchev–Trinajstić information content (AvgIpc) is 3.23. The predicted molar refractivity (Wildman–Crippen MR) is 113 cm³/mol. The van der Waals surface area contributed by atoms with E-state index in [1.807, 2.05) is 36.4 Å². The Kier molecular flexibility index (Phi) is 5.41. The third-order valence-electron chi connectivity index (χ3n) is 4.93. The summed E-state index contributed by atoms with van der Waals surface area (Å²) in [6.07, 6.45) is 5.28. The summed E-state index contributed by atoms with van der Waals surface area (Å²) in [6.45, 7) is 1.87. The number of benzene rings is 2. The van der Waals surface area contributed by atoms with E-state index in [0.717, 1.165) is 53.1 Å². The number of piperidine rings is 1. The minimum absolute atomic E-state index is 0.539. The van der Waals surface area contributed by atoms with Gasteiger partial charge in [0.2, 0.25) is 0 Å². The second-order valence-electron chi connectivity index (χ2n) is 6.69. The number of halogens is 1. The molecule has 1 aliphatic heterocycles. The number of nitrogens with one attached hydrogen (secondary N) is 1. The van der Waals surface area contributed by atoms with Crippen LogP contribution in [0.25, 0.3) is 11.3 Å². The molecule has 3 aromatic rings. The molecule has 0 radical (unpaired) electrons. The molecule has 4 nitrogen and oxygen atoms in total. The van der Waals surface area contributed by atoms with Crippen LogP contribution in [0.15, 0.2) is 65.5 Å². The van der Waals surface area contributed by atoms with Crippen LogP contribution >= 0.6 is 23.8 Å². The highest BCUT2D eigenvalue weighted by Gasteiger charge is 2.22. The lowest BCUT2D eigenvalue weighted by molar-refractivity contribution is 0.317. The van der Waals surface area contributed by atoms with Crippen molar-refractivity contribution in [3.05, 3.63) is 71.7 Å². The van der Waals surface area contributed by atoms with Gasteiger partial charge in [-0.1, -0.05) is 35.9 Å². The summed E-state index contributed by atoms with van der Waals surface area (Å²) >= 11 is 11.8. The average molecular weight is 398 g/mol. The second kappa shape index (κ2) is 8.11. The van der Waals surface area contributed by atoms with Crippen LogP contribution in [0.4, 0.5) is 5.69 Å². The first-order valence-corrected chi connectivity index (χ1v) is 9.78. The number of anilines is 1. The Morgan fingerprint density at radius 2 is 1.96 bits per heavy atom. The van der Waals surface area contributed by atoms with Crippen molar-refractivity contribution in [1.29, 1.82) is 0 Å². The summed E-state index contributed by atoms with van der Waals surface area (Å²) in [5.41, 5.74) is 3.24. The fourth-order valence-electron chi connectivity index (χ4n) is 3.49. The third-order valence-corrected chi connectivity index (χ3v) is 5.53. The molecule has 1 aromatic heterocycles. The third kappa shape index (κ3) is 4.31. The first kappa shape index (κ1) is 18.0. The molecule has 0 unspecified atom stereocenters. The van der Waals surface area contributed by atoms with Gasteiger partial charge in [-0.15, -0.1) is 0 Å². The molecule has 138 valence electrons. The van der Waals surface area contributed by atoms with Crippen LogP contribution in [0.5, 0.6) is 0 Å². The number of hydrogen-bond donors (Lipinski definition) is 1. The van der Waals surface area contributed by atoms with Crippen LogP contribution in [-0.2, 0) is 0 Å². The SMILES string of the molecule is S=C(Nc1cccc(-c2cnco2)c1)N1CCC(c2cccc(Cl)c2)CC1. The Bertz CT molecular complexity index is 921. The van der Waals surface area contributed by atoms with E-state index < -0.39 is 0 Å². The summed E-state index contributed by atoms with van der Waals surface area (Å²) < 4.78 is 5.37. The molecule has 6 heteroatoms. The van der Waals surface area contributed by atoms with Crippen LogP contribution in [0.1, 0.15) is 24.3 Å². The maximum absolute atomic E-state index is 6.13. The zero-order chi connectivity index (χ0) is 18.6. The quantitative estimate of drug-likeness (QED) is 0.585. The van der Waals surface area contributed by atoms with Gasteiger partial charge in [0.15, 0.2) is 17.3 Å². The van der Waals surface area contributed by atoms with E-state index in [0.29, 0.717) is 5.92 Å². The molecule has 0 bridgehead atoms. The topological polar surface area (TPSA) is 41.3 Å². The molecule has 2 aromatic carbocycles. The van der Waals surface area contributed by atoms with Gasteiger partial charge < -0.3 is 14.6 Å². The van der Waals surface area contributed by atoms with Gasteiger partial charge in [0, 0.05) is 29.4 Å². The first-order chi connectivity index (χ1) is 13.2. The smallest absolute Gasteiger partial charge is 0.181 e. The van der Waals surface area contributed by atoms with Crippen LogP contribution in [0.3, 0.4) is 0 Å². The molecular formula is C21H20ClN3OS. The highest BCUT2D eigenvalue weighted by Crippen LogP contribution is 2.30.